The van der Waals surface area contributed by atoms with E-state index in [0.717, 1.165) is 12.8 Å². The quantitative estimate of drug-likeness (QED) is 0.689. The van der Waals surface area contributed by atoms with Crippen LogP contribution in [0, 0.1) is 5.92 Å². The SMILES string of the molecule is CC(C)OC(=O)C1CCCN(C(N)=O)C1. The number of piperidine rings is 1. The molecule has 0 saturated carbocycles. The molecule has 0 aromatic rings. The van der Waals surface area contributed by atoms with E-state index < -0.39 is 6.03 Å². The van der Waals surface area contributed by atoms with Crippen molar-refractivity contribution < 1.29 is 14.3 Å². The van der Waals surface area contributed by atoms with E-state index in [2.05, 4.69) is 0 Å². The summed E-state index contributed by atoms with van der Waals surface area (Å²) >= 11 is 0. The van der Waals surface area contributed by atoms with Gasteiger partial charge in [0.2, 0.25) is 0 Å². The van der Waals surface area contributed by atoms with E-state index >= 15 is 0 Å². The van der Waals surface area contributed by atoms with E-state index in [1.54, 1.807) is 0 Å². The van der Waals surface area contributed by atoms with Crippen LogP contribution in [0.15, 0.2) is 0 Å². The molecule has 5 heteroatoms. The largest absolute Gasteiger partial charge is 0.463 e. The maximum absolute atomic E-state index is 11.6. The van der Waals surface area contributed by atoms with Gasteiger partial charge in [0.25, 0.3) is 0 Å². The number of amides is 2. The first kappa shape index (κ1) is 11.8. The Morgan fingerprint density at radius 3 is 2.67 bits per heavy atom. The van der Waals surface area contributed by atoms with Gasteiger partial charge in [-0.1, -0.05) is 0 Å². The molecule has 0 aromatic heterocycles. The summed E-state index contributed by atoms with van der Waals surface area (Å²) in [5, 5.41) is 0. The lowest BCUT2D eigenvalue weighted by Crippen LogP contribution is -2.45. The Balaban J connectivity index is 2.48. The van der Waals surface area contributed by atoms with Gasteiger partial charge in [-0.3, -0.25) is 4.79 Å². The van der Waals surface area contributed by atoms with Gasteiger partial charge in [0.15, 0.2) is 0 Å². The second kappa shape index (κ2) is 5.00. The van der Waals surface area contributed by atoms with Gasteiger partial charge >= 0.3 is 12.0 Å². The van der Waals surface area contributed by atoms with Gasteiger partial charge in [0.1, 0.15) is 0 Å². The Hall–Kier alpha value is -1.26. The number of hydrogen-bond donors (Lipinski definition) is 1. The number of ether oxygens (including phenoxy) is 1. The smallest absolute Gasteiger partial charge is 0.314 e. The summed E-state index contributed by atoms with van der Waals surface area (Å²) in [4.78, 5) is 24.0. The van der Waals surface area contributed by atoms with Crippen molar-refractivity contribution in [2.45, 2.75) is 32.8 Å². The Kier molecular flexibility index (Phi) is 3.94. The van der Waals surface area contributed by atoms with Crippen LogP contribution in [0.3, 0.4) is 0 Å². The van der Waals surface area contributed by atoms with Crippen LogP contribution in [0.4, 0.5) is 4.79 Å². The van der Waals surface area contributed by atoms with Crippen molar-refractivity contribution >= 4 is 12.0 Å². The molecular formula is C10H18N2O3. The number of nitrogens with zero attached hydrogens (tertiary/aromatic N) is 1. The molecule has 1 unspecified atom stereocenters. The third kappa shape index (κ3) is 3.42. The number of hydrogen-bond acceptors (Lipinski definition) is 3. The third-order valence-corrected chi connectivity index (χ3v) is 2.42. The lowest BCUT2D eigenvalue weighted by atomic mass is 9.98. The fourth-order valence-corrected chi connectivity index (χ4v) is 1.70. The molecule has 2 N–H and O–H groups in total. The fraction of sp³-hybridized carbons (Fsp3) is 0.800. The van der Waals surface area contributed by atoms with E-state index in [4.69, 9.17) is 10.5 Å². The zero-order valence-corrected chi connectivity index (χ0v) is 9.23. The van der Waals surface area contributed by atoms with Crippen LogP contribution in [0.5, 0.6) is 0 Å². The van der Waals surface area contributed by atoms with Crippen molar-refractivity contribution in [3.63, 3.8) is 0 Å². The van der Waals surface area contributed by atoms with E-state index in [0.29, 0.717) is 13.1 Å². The first-order valence-corrected chi connectivity index (χ1v) is 5.25. The Bertz CT molecular complexity index is 253. The Labute approximate surface area is 89.6 Å². The zero-order valence-electron chi connectivity index (χ0n) is 9.23. The number of nitrogens with two attached hydrogens (primary N) is 1. The van der Waals surface area contributed by atoms with Crippen LogP contribution >= 0.6 is 0 Å². The molecule has 0 radical (unpaired) electrons. The number of carbonyl (C=O) groups excluding carboxylic acids is 2. The molecule has 0 spiro atoms. The monoisotopic (exact) mass is 214 g/mol. The molecule has 1 rings (SSSR count). The van der Waals surface area contributed by atoms with Crippen LogP contribution < -0.4 is 5.73 Å². The summed E-state index contributed by atoms with van der Waals surface area (Å²) in [6.07, 6.45) is 1.47. The van der Waals surface area contributed by atoms with Crippen molar-refractivity contribution in [3.8, 4) is 0 Å². The van der Waals surface area contributed by atoms with Crippen molar-refractivity contribution in [2.24, 2.45) is 11.7 Å². The topological polar surface area (TPSA) is 72.6 Å². The molecule has 1 saturated heterocycles. The number of primary amides is 1. The van der Waals surface area contributed by atoms with E-state index in [-0.39, 0.29) is 18.0 Å². The second-order valence-electron chi connectivity index (χ2n) is 4.11. The highest BCUT2D eigenvalue weighted by Gasteiger charge is 2.28. The zero-order chi connectivity index (χ0) is 11.4. The maximum Gasteiger partial charge on any atom is 0.314 e. The van der Waals surface area contributed by atoms with Crippen molar-refractivity contribution in [3.05, 3.63) is 0 Å². The molecule has 5 nitrogen and oxygen atoms in total. The van der Waals surface area contributed by atoms with Crippen molar-refractivity contribution in [1.82, 2.24) is 4.90 Å². The predicted molar refractivity (Wildman–Crippen MR) is 55.1 cm³/mol. The predicted octanol–water partition coefficient (Wildman–Crippen LogP) is 0.729. The van der Waals surface area contributed by atoms with E-state index in [1.165, 1.54) is 4.90 Å². The minimum Gasteiger partial charge on any atom is -0.463 e. The van der Waals surface area contributed by atoms with Gasteiger partial charge < -0.3 is 15.4 Å². The Morgan fingerprint density at radius 2 is 2.13 bits per heavy atom. The lowest BCUT2D eigenvalue weighted by Gasteiger charge is -2.30. The third-order valence-electron chi connectivity index (χ3n) is 2.42. The molecule has 2 amide bonds. The summed E-state index contributed by atoms with van der Waals surface area (Å²) in [5.74, 6) is -0.440. The van der Waals surface area contributed by atoms with Crippen LogP contribution in [0.2, 0.25) is 0 Å². The molecule has 0 bridgehead atoms. The van der Waals surface area contributed by atoms with Crippen molar-refractivity contribution in [1.29, 1.82) is 0 Å². The van der Waals surface area contributed by atoms with Gasteiger partial charge in [0, 0.05) is 13.1 Å². The highest BCUT2D eigenvalue weighted by Crippen LogP contribution is 2.18. The highest BCUT2D eigenvalue weighted by atomic mass is 16.5. The average Bonchev–Trinajstić information content (AvgIpc) is 2.17. The maximum atomic E-state index is 11.6. The minimum atomic E-state index is -0.461. The second-order valence-corrected chi connectivity index (χ2v) is 4.11. The molecule has 1 fully saturated rings. The summed E-state index contributed by atoms with van der Waals surface area (Å²) in [5.41, 5.74) is 5.17. The molecule has 1 heterocycles. The van der Waals surface area contributed by atoms with Crippen LogP contribution in [0.1, 0.15) is 26.7 Å². The summed E-state index contributed by atoms with van der Waals surface area (Å²) in [7, 11) is 0. The van der Waals surface area contributed by atoms with Crippen LogP contribution in [0.25, 0.3) is 0 Å². The van der Waals surface area contributed by atoms with Crippen LogP contribution in [-0.4, -0.2) is 36.1 Å². The van der Waals surface area contributed by atoms with Gasteiger partial charge in [-0.05, 0) is 26.7 Å². The van der Waals surface area contributed by atoms with Gasteiger partial charge in [-0.15, -0.1) is 0 Å². The number of rotatable bonds is 2. The summed E-state index contributed by atoms with van der Waals surface area (Å²) < 4.78 is 5.10. The molecule has 1 atom stereocenters. The van der Waals surface area contributed by atoms with E-state index in [1.807, 2.05) is 13.8 Å². The molecule has 0 aliphatic carbocycles. The molecular weight excluding hydrogens is 196 g/mol. The van der Waals surface area contributed by atoms with Gasteiger partial charge in [0.05, 0.1) is 12.0 Å². The first-order chi connectivity index (χ1) is 7.00. The standard InChI is InChI=1S/C10H18N2O3/c1-7(2)15-9(13)8-4-3-5-12(6-8)10(11)14/h7-8H,3-6H2,1-2H3,(H2,11,14). The first-order valence-electron chi connectivity index (χ1n) is 5.25. The van der Waals surface area contributed by atoms with Gasteiger partial charge in [-0.2, -0.15) is 0 Å². The summed E-state index contributed by atoms with van der Waals surface area (Å²) in [6, 6.07) is -0.461. The number of urea groups is 1. The number of esters is 1. The van der Waals surface area contributed by atoms with Gasteiger partial charge in [-0.25, -0.2) is 4.79 Å². The molecule has 1 aliphatic heterocycles. The van der Waals surface area contributed by atoms with E-state index in [9.17, 15) is 9.59 Å². The Morgan fingerprint density at radius 1 is 1.47 bits per heavy atom. The van der Waals surface area contributed by atoms with Crippen molar-refractivity contribution in [2.75, 3.05) is 13.1 Å². The average molecular weight is 214 g/mol. The number of likely N-dealkylation sites (tertiary alicyclic amines) is 1. The normalized spacial score (nSPS) is 21.5. The van der Waals surface area contributed by atoms with Crippen LogP contribution in [-0.2, 0) is 9.53 Å². The summed E-state index contributed by atoms with van der Waals surface area (Å²) in [6.45, 7) is 4.65. The molecule has 1 aliphatic rings. The lowest BCUT2D eigenvalue weighted by molar-refractivity contribution is -0.153. The highest BCUT2D eigenvalue weighted by molar-refractivity contribution is 5.76. The molecule has 15 heavy (non-hydrogen) atoms. The molecule has 0 aromatic carbocycles. The number of carbonyl (C=O) groups is 2. The fourth-order valence-electron chi connectivity index (χ4n) is 1.70. The minimum absolute atomic E-state index is 0.110. The molecule has 86 valence electrons.